The summed E-state index contributed by atoms with van der Waals surface area (Å²) in [4.78, 5) is 6.92. The van der Waals surface area contributed by atoms with Crippen molar-refractivity contribution >= 4 is 5.96 Å². The van der Waals surface area contributed by atoms with E-state index in [1.54, 1.807) is 0 Å². The van der Waals surface area contributed by atoms with Crippen molar-refractivity contribution in [2.45, 2.75) is 59.4 Å². The summed E-state index contributed by atoms with van der Waals surface area (Å²) in [7, 11) is 1.82. The molecule has 1 atom stereocenters. The van der Waals surface area contributed by atoms with E-state index >= 15 is 0 Å². The Morgan fingerprint density at radius 1 is 1.17 bits per heavy atom. The fourth-order valence-corrected chi connectivity index (χ4v) is 3.43. The second-order valence-corrected chi connectivity index (χ2v) is 8.99. The number of rotatable bonds is 8. The maximum Gasteiger partial charge on any atom is 0.191 e. The zero-order valence-electron chi connectivity index (χ0n) is 19.1. The maximum atomic E-state index is 5.89. The molecule has 1 aromatic rings. The van der Waals surface area contributed by atoms with Crippen LogP contribution < -0.4 is 10.6 Å². The summed E-state index contributed by atoms with van der Waals surface area (Å²) >= 11 is 0. The molecule has 0 spiro atoms. The van der Waals surface area contributed by atoms with Crippen molar-refractivity contribution in [1.29, 1.82) is 0 Å². The molecular formula is C23H40N4O2. The van der Waals surface area contributed by atoms with Gasteiger partial charge < -0.3 is 20.1 Å². The maximum absolute atomic E-state index is 5.89. The third kappa shape index (κ3) is 8.72. The molecule has 29 heavy (non-hydrogen) atoms. The summed E-state index contributed by atoms with van der Waals surface area (Å²) in [6.45, 7) is 16.7. The molecule has 1 saturated heterocycles. The van der Waals surface area contributed by atoms with Crippen LogP contribution in [0, 0.1) is 5.92 Å². The van der Waals surface area contributed by atoms with Gasteiger partial charge in [-0.25, -0.2) is 0 Å². The Labute approximate surface area is 177 Å². The summed E-state index contributed by atoms with van der Waals surface area (Å²) in [5, 5.41) is 6.95. The lowest BCUT2D eigenvalue weighted by molar-refractivity contribution is -0.0149. The number of ether oxygens (including phenoxy) is 2. The zero-order chi connectivity index (χ0) is 21.3. The first-order valence-electron chi connectivity index (χ1n) is 10.8. The van der Waals surface area contributed by atoms with E-state index in [0.717, 1.165) is 45.4 Å². The number of morpholine rings is 1. The van der Waals surface area contributed by atoms with Gasteiger partial charge in [0.1, 0.15) is 0 Å². The van der Waals surface area contributed by atoms with Crippen LogP contribution in [-0.4, -0.2) is 62.4 Å². The summed E-state index contributed by atoms with van der Waals surface area (Å²) in [5.74, 6) is 1.40. The third-order valence-electron chi connectivity index (χ3n) is 5.11. The Morgan fingerprint density at radius 3 is 2.48 bits per heavy atom. The van der Waals surface area contributed by atoms with Gasteiger partial charge in [0, 0.05) is 39.3 Å². The van der Waals surface area contributed by atoms with Gasteiger partial charge in [-0.1, -0.05) is 38.1 Å². The smallest absolute Gasteiger partial charge is 0.191 e. The number of nitrogens with zero attached hydrogens (tertiary/aromatic N) is 2. The lowest BCUT2D eigenvalue weighted by Gasteiger charge is -2.37. The summed E-state index contributed by atoms with van der Waals surface area (Å²) in [6, 6.07) is 8.98. The van der Waals surface area contributed by atoms with Crippen molar-refractivity contribution in [2.75, 3.05) is 39.9 Å². The Morgan fingerprint density at radius 2 is 1.86 bits per heavy atom. The molecule has 6 heteroatoms. The van der Waals surface area contributed by atoms with Crippen molar-refractivity contribution in [2.24, 2.45) is 10.9 Å². The number of aliphatic imine (C=N–C) groups is 1. The molecule has 0 saturated carbocycles. The van der Waals surface area contributed by atoms with Crippen molar-refractivity contribution in [3.8, 4) is 0 Å². The largest absolute Gasteiger partial charge is 0.379 e. The molecule has 6 nitrogen and oxygen atoms in total. The average molecular weight is 405 g/mol. The summed E-state index contributed by atoms with van der Waals surface area (Å²) < 4.78 is 11.4. The molecule has 2 N–H and O–H groups in total. The van der Waals surface area contributed by atoms with Gasteiger partial charge in [-0.3, -0.25) is 9.89 Å². The molecule has 1 aliphatic heterocycles. The predicted octanol–water partition coefficient (Wildman–Crippen LogP) is 3.02. The monoisotopic (exact) mass is 404 g/mol. The van der Waals surface area contributed by atoms with Gasteiger partial charge in [-0.2, -0.15) is 0 Å². The second-order valence-electron chi connectivity index (χ2n) is 8.99. The number of guanidine groups is 1. The molecule has 0 aliphatic carbocycles. The van der Waals surface area contributed by atoms with Gasteiger partial charge in [0.2, 0.25) is 0 Å². The second kappa shape index (κ2) is 11.5. The van der Waals surface area contributed by atoms with Crippen LogP contribution in [0.15, 0.2) is 29.3 Å². The fraction of sp³-hybridized carbons (Fsp3) is 0.696. The Kier molecular flexibility index (Phi) is 9.40. The molecule has 1 unspecified atom stereocenters. The molecule has 0 bridgehead atoms. The van der Waals surface area contributed by atoms with Crippen LogP contribution in [0.5, 0.6) is 0 Å². The van der Waals surface area contributed by atoms with E-state index in [0.29, 0.717) is 18.6 Å². The first-order chi connectivity index (χ1) is 13.8. The van der Waals surface area contributed by atoms with Crippen LogP contribution in [0.3, 0.4) is 0 Å². The third-order valence-corrected chi connectivity index (χ3v) is 5.11. The molecule has 2 rings (SSSR count). The standard InChI is InChI=1S/C23H40N4O2/c1-18(2)21(27-10-12-28-13-11-27)16-26-22(24-6)25-15-19-8-7-9-20(14-19)17-29-23(3,4)5/h7-9,14,18,21H,10-13,15-17H2,1-6H3,(H2,24,25,26). The Hall–Kier alpha value is -1.63. The van der Waals surface area contributed by atoms with Crippen molar-refractivity contribution in [1.82, 2.24) is 15.5 Å². The lowest BCUT2D eigenvalue weighted by atomic mass is 10.0. The van der Waals surface area contributed by atoms with Crippen LogP contribution in [0.1, 0.15) is 45.7 Å². The lowest BCUT2D eigenvalue weighted by Crippen LogP contribution is -2.52. The van der Waals surface area contributed by atoms with Gasteiger partial charge in [0.15, 0.2) is 5.96 Å². The molecule has 0 amide bonds. The summed E-state index contributed by atoms with van der Waals surface area (Å²) in [6.07, 6.45) is 0. The minimum absolute atomic E-state index is 0.131. The van der Waals surface area contributed by atoms with Crippen LogP contribution in [0.25, 0.3) is 0 Å². The minimum atomic E-state index is -0.131. The van der Waals surface area contributed by atoms with Gasteiger partial charge >= 0.3 is 0 Å². The van der Waals surface area contributed by atoms with Gasteiger partial charge in [-0.05, 0) is 37.8 Å². The number of nitrogens with one attached hydrogen (secondary N) is 2. The van der Waals surface area contributed by atoms with E-state index in [2.05, 4.69) is 79.4 Å². The number of hydrogen-bond acceptors (Lipinski definition) is 4. The van der Waals surface area contributed by atoms with Gasteiger partial charge in [-0.15, -0.1) is 0 Å². The van der Waals surface area contributed by atoms with E-state index in [-0.39, 0.29) is 5.60 Å². The highest BCUT2D eigenvalue weighted by Crippen LogP contribution is 2.14. The summed E-state index contributed by atoms with van der Waals surface area (Å²) in [5.41, 5.74) is 2.28. The molecule has 1 aliphatic rings. The van der Waals surface area contributed by atoms with Crippen molar-refractivity contribution < 1.29 is 9.47 Å². The number of hydrogen-bond donors (Lipinski definition) is 2. The molecule has 164 valence electrons. The highest BCUT2D eigenvalue weighted by Gasteiger charge is 2.23. The van der Waals surface area contributed by atoms with Crippen molar-refractivity contribution in [3.63, 3.8) is 0 Å². The molecule has 0 radical (unpaired) electrons. The van der Waals surface area contributed by atoms with Crippen LogP contribution in [-0.2, 0) is 22.6 Å². The van der Waals surface area contributed by atoms with Crippen molar-refractivity contribution in [3.05, 3.63) is 35.4 Å². The zero-order valence-corrected chi connectivity index (χ0v) is 19.1. The Balaban J connectivity index is 1.85. The van der Waals surface area contributed by atoms with E-state index < -0.39 is 0 Å². The van der Waals surface area contributed by atoms with E-state index in [9.17, 15) is 0 Å². The number of benzene rings is 1. The van der Waals surface area contributed by atoms with E-state index in [1.165, 1.54) is 11.1 Å². The highest BCUT2D eigenvalue weighted by atomic mass is 16.5. The topological polar surface area (TPSA) is 58.1 Å². The SMILES string of the molecule is CN=C(NCc1cccc(COC(C)(C)C)c1)NCC(C(C)C)N1CCOCC1. The molecule has 1 fully saturated rings. The molecular weight excluding hydrogens is 364 g/mol. The molecule has 0 aromatic heterocycles. The van der Waals surface area contributed by atoms with E-state index in [1.807, 2.05) is 7.05 Å². The average Bonchev–Trinajstić information content (AvgIpc) is 2.69. The molecule has 1 aromatic carbocycles. The molecule has 1 heterocycles. The minimum Gasteiger partial charge on any atom is -0.379 e. The normalized spacial score (nSPS) is 17.4. The van der Waals surface area contributed by atoms with Crippen LogP contribution in [0.2, 0.25) is 0 Å². The van der Waals surface area contributed by atoms with Gasteiger partial charge in [0.25, 0.3) is 0 Å². The van der Waals surface area contributed by atoms with E-state index in [4.69, 9.17) is 9.47 Å². The van der Waals surface area contributed by atoms with Gasteiger partial charge in [0.05, 0.1) is 25.4 Å². The first kappa shape index (κ1) is 23.6. The predicted molar refractivity (Wildman–Crippen MR) is 120 cm³/mol. The van der Waals surface area contributed by atoms with Crippen LogP contribution in [0.4, 0.5) is 0 Å². The highest BCUT2D eigenvalue weighted by molar-refractivity contribution is 5.79. The Bertz CT molecular complexity index is 634. The fourth-order valence-electron chi connectivity index (χ4n) is 3.43. The quantitative estimate of drug-likeness (QED) is 0.515. The first-order valence-corrected chi connectivity index (χ1v) is 10.8. The van der Waals surface area contributed by atoms with Crippen LogP contribution >= 0.6 is 0 Å².